The van der Waals surface area contributed by atoms with Gasteiger partial charge in [0, 0.05) is 29.9 Å². The zero-order valence-corrected chi connectivity index (χ0v) is 15.8. The Balaban J connectivity index is 1.62. The summed E-state index contributed by atoms with van der Waals surface area (Å²) < 4.78 is 0. The molecule has 0 aliphatic carbocycles. The second-order valence-corrected chi connectivity index (χ2v) is 7.22. The number of fused-ring (bicyclic) bond motifs is 1. The molecule has 4 rings (SSSR count). The van der Waals surface area contributed by atoms with Crippen LogP contribution in [0.15, 0.2) is 48.5 Å². The van der Waals surface area contributed by atoms with Gasteiger partial charge < -0.3 is 10.2 Å². The Bertz CT molecular complexity index is 958. The van der Waals surface area contributed by atoms with Crippen molar-refractivity contribution < 1.29 is 0 Å². The second-order valence-electron chi connectivity index (χ2n) is 6.38. The first-order valence-electron chi connectivity index (χ1n) is 8.48. The van der Waals surface area contributed by atoms with E-state index in [1.54, 1.807) is 18.2 Å². The summed E-state index contributed by atoms with van der Waals surface area (Å²) in [7, 11) is 0. The van der Waals surface area contributed by atoms with E-state index in [1.165, 1.54) is 11.1 Å². The van der Waals surface area contributed by atoms with Crippen LogP contribution < -0.4 is 10.2 Å². The number of aromatic nitrogens is 2. The molecule has 0 unspecified atom stereocenters. The van der Waals surface area contributed by atoms with Gasteiger partial charge in [-0.25, -0.2) is 4.98 Å². The van der Waals surface area contributed by atoms with Crippen molar-refractivity contribution in [2.75, 3.05) is 16.8 Å². The Morgan fingerprint density at radius 3 is 2.65 bits per heavy atom. The topological polar surface area (TPSA) is 41.1 Å². The molecule has 3 aromatic rings. The zero-order chi connectivity index (χ0) is 18.1. The summed E-state index contributed by atoms with van der Waals surface area (Å²) in [5.74, 6) is 1.43. The van der Waals surface area contributed by atoms with Crippen molar-refractivity contribution in [1.29, 1.82) is 0 Å². The van der Waals surface area contributed by atoms with Crippen LogP contribution in [0, 0.1) is 6.92 Å². The van der Waals surface area contributed by atoms with Gasteiger partial charge in [0.2, 0.25) is 5.95 Å². The van der Waals surface area contributed by atoms with Gasteiger partial charge >= 0.3 is 0 Å². The molecule has 2 heterocycles. The van der Waals surface area contributed by atoms with Crippen LogP contribution in [-0.4, -0.2) is 16.5 Å². The molecular formula is C20H18Cl2N4. The molecule has 0 saturated heterocycles. The molecule has 1 N–H and O–H groups in total. The molecule has 0 spiro atoms. The molecule has 0 fully saturated rings. The van der Waals surface area contributed by atoms with Gasteiger partial charge in [-0.1, -0.05) is 47.5 Å². The SMILES string of the molecule is Cc1cc(N2CCc3ccccc3C2)nc(Nc2cc(Cl)ccc2Cl)n1. The van der Waals surface area contributed by atoms with Crippen molar-refractivity contribution in [3.8, 4) is 0 Å². The Morgan fingerprint density at radius 2 is 1.81 bits per heavy atom. The van der Waals surface area contributed by atoms with Gasteiger partial charge in [0.05, 0.1) is 10.7 Å². The maximum atomic E-state index is 6.24. The second kappa shape index (κ2) is 7.14. The van der Waals surface area contributed by atoms with Gasteiger partial charge in [0.1, 0.15) is 5.82 Å². The number of benzene rings is 2. The minimum atomic E-state index is 0.517. The van der Waals surface area contributed by atoms with Gasteiger partial charge in [-0.2, -0.15) is 4.98 Å². The van der Waals surface area contributed by atoms with Crippen LogP contribution in [0.25, 0.3) is 0 Å². The van der Waals surface area contributed by atoms with E-state index in [1.807, 2.05) is 13.0 Å². The van der Waals surface area contributed by atoms with Crippen molar-refractivity contribution in [1.82, 2.24) is 9.97 Å². The molecule has 0 radical (unpaired) electrons. The molecule has 2 aromatic carbocycles. The molecule has 1 aromatic heterocycles. The predicted molar refractivity (Wildman–Crippen MR) is 108 cm³/mol. The number of rotatable bonds is 3. The molecule has 4 nitrogen and oxygen atoms in total. The van der Waals surface area contributed by atoms with Crippen LogP contribution in [0.3, 0.4) is 0 Å². The Kier molecular flexibility index (Phi) is 4.70. The Hall–Kier alpha value is -2.30. The van der Waals surface area contributed by atoms with Gasteiger partial charge in [-0.05, 0) is 42.7 Å². The molecule has 0 saturated carbocycles. The van der Waals surface area contributed by atoms with Crippen LogP contribution in [-0.2, 0) is 13.0 Å². The summed E-state index contributed by atoms with van der Waals surface area (Å²) in [6.07, 6.45) is 1.02. The van der Waals surface area contributed by atoms with Crippen LogP contribution in [0.4, 0.5) is 17.5 Å². The van der Waals surface area contributed by atoms with Gasteiger partial charge in [-0.3, -0.25) is 0 Å². The van der Waals surface area contributed by atoms with Gasteiger partial charge in [0.25, 0.3) is 0 Å². The normalized spacial score (nSPS) is 13.4. The summed E-state index contributed by atoms with van der Waals surface area (Å²) in [6.45, 7) is 3.75. The standard InChI is InChI=1S/C20H18Cl2N4/c1-13-10-19(26-9-8-14-4-2-3-5-15(14)12-26)25-20(23-13)24-18-11-16(21)6-7-17(18)22/h2-7,10-11H,8-9,12H2,1H3,(H,23,24,25). The maximum absolute atomic E-state index is 6.24. The first-order valence-corrected chi connectivity index (χ1v) is 9.23. The summed E-state index contributed by atoms with van der Waals surface area (Å²) in [4.78, 5) is 11.5. The lowest BCUT2D eigenvalue weighted by atomic mass is 10.00. The molecule has 1 aliphatic rings. The number of nitrogens with zero attached hydrogens (tertiary/aromatic N) is 3. The van der Waals surface area contributed by atoms with Gasteiger partial charge in [-0.15, -0.1) is 0 Å². The molecular weight excluding hydrogens is 367 g/mol. The summed E-state index contributed by atoms with van der Waals surface area (Å²) in [5.41, 5.74) is 4.36. The maximum Gasteiger partial charge on any atom is 0.229 e. The van der Waals surface area contributed by atoms with E-state index >= 15 is 0 Å². The summed E-state index contributed by atoms with van der Waals surface area (Å²) in [6, 6.07) is 15.9. The highest BCUT2D eigenvalue weighted by Crippen LogP contribution is 2.29. The van der Waals surface area contributed by atoms with E-state index in [0.29, 0.717) is 21.7 Å². The molecule has 132 valence electrons. The average Bonchev–Trinajstić information content (AvgIpc) is 2.64. The van der Waals surface area contributed by atoms with E-state index in [2.05, 4.69) is 39.5 Å². The van der Waals surface area contributed by atoms with E-state index < -0.39 is 0 Å². The van der Waals surface area contributed by atoms with E-state index in [-0.39, 0.29) is 0 Å². The molecule has 26 heavy (non-hydrogen) atoms. The predicted octanol–water partition coefficient (Wildman–Crippen LogP) is 5.40. The molecule has 1 aliphatic heterocycles. The highest BCUT2D eigenvalue weighted by molar-refractivity contribution is 6.35. The van der Waals surface area contributed by atoms with Crippen molar-refractivity contribution >= 4 is 40.7 Å². The highest BCUT2D eigenvalue weighted by Gasteiger charge is 2.18. The number of hydrogen-bond donors (Lipinski definition) is 1. The molecule has 0 amide bonds. The highest BCUT2D eigenvalue weighted by atomic mass is 35.5. The largest absolute Gasteiger partial charge is 0.352 e. The Morgan fingerprint density at radius 1 is 1.00 bits per heavy atom. The van der Waals surface area contributed by atoms with Crippen molar-refractivity contribution in [2.45, 2.75) is 19.9 Å². The van der Waals surface area contributed by atoms with Crippen molar-refractivity contribution in [2.24, 2.45) is 0 Å². The lowest BCUT2D eigenvalue weighted by Crippen LogP contribution is -2.31. The molecule has 0 bridgehead atoms. The van der Waals surface area contributed by atoms with E-state index in [9.17, 15) is 0 Å². The number of aryl methyl sites for hydroxylation is 1. The summed E-state index contributed by atoms with van der Waals surface area (Å²) >= 11 is 12.3. The number of halogens is 2. The molecule has 6 heteroatoms. The smallest absolute Gasteiger partial charge is 0.229 e. The fraction of sp³-hybridized carbons (Fsp3) is 0.200. The fourth-order valence-corrected chi connectivity index (χ4v) is 3.51. The van der Waals surface area contributed by atoms with Crippen LogP contribution in [0.2, 0.25) is 10.0 Å². The third kappa shape index (κ3) is 3.62. The summed E-state index contributed by atoms with van der Waals surface area (Å²) in [5, 5.41) is 4.37. The quantitative estimate of drug-likeness (QED) is 0.656. The monoisotopic (exact) mass is 384 g/mol. The van der Waals surface area contributed by atoms with Crippen molar-refractivity contribution in [3.05, 3.63) is 75.4 Å². The number of nitrogens with one attached hydrogen (secondary N) is 1. The van der Waals surface area contributed by atoms with Crippen LogP contribution >= 0.6 is 23.2 Å². The third-order valence-electron chi connectivity index (χ3n) is 4.47. The number of anilines is 3. The fourth-order valence-electron chi connectivity index (χ4n) is 3.17. The van der Waals surface area contributed by atoms with E-state index in [0.717, 1.165) is 31.0 Å². The average molecular weight is 385 g/mol. The first kappa shape index (κ1) is 17.1. The van der Waals surface area contributed by atoms with E-state index in [4.69, 9.17) is 28.2 Å². The third-order valence-corrected chi connectivity index (χ3v) is 5.03. The van der Waals surface area contributed by atoms with Crippen LogP contribution in [0.5, 0.6) is 0 Å². The lowest BCUT2D eigenvalue weighted by Gasteiger charge is -2.30. The first-order chi connectivity index (χ1) is 12.6. The minimum Gasteiger partial charge on any atom is -0.352 e. The molecule has 0 atom stereocenters. The number of hydrogen-bond acceptors (Lipinski definition) is 4. The van der Waals surface area contributed by atoms with Gasteiger partial charge in [0.15, 0.2) is 0 Å². The van der Waals surface area contributed by atoms with Crippen molar-refractivity contribution in [3.63, 3.8) is 0 Å². The zero-order valence-electron chi connectivity index (χ0n) is 14.3. The lowest BCUT2D eigenvalue weighted by molar-refractivity contribution is 0.719. The Labute approximate surface area is 162 Å². The minimum absolute atomic E-state index is 0.517. The van der Waals surface area contributed by atoms with Crippen LogP contribution in [0.1, 0.15) is 16.8 Å².